The van der Waals surface area contributed by atoms with Crippen molar-refractivity contribution in [2.24, 2.45) is 10.6 Å². The summed E-state index contributed by atoms with van der Waals surface area (Å²) in [6.45, 7) is 4.04. The van der Waals surface area contributed by atoms with E-state index in [1.165, 1.54) is 18.6 Å². The highest BCUT2D eigenvalue weighted by Gasteiger charge is 2.41. The van der Waals surface area contributed by atoms with E-state index in [-0.39, 0.29) is 0 Å². The third-order valence-corrected chi connectivity index (χ3v) is 6.47. The molecule has 0 unspecified atom stereocenters. The van der Waals surface area contributed by atoms with Gasteiger partial charge in [0, 0.05) is 49.9 Å². The molecule has 0 saturated carbocycles. The number of fused-ring (bicyclic) bond motifs is 1. The molecule has 0 amide bonds. The Morgan fingerprint density at radius 3 is 2.69 bits per heavy atom. The van der Waals surface area contributed by atoms with Crippen LogP contribution >= 0.6 is 12.1 Å². The van der Waals surface area contributed by atoms with E-state index in [9.17, 15) is 5.26 Å². The molecule has 136 valence electrons. The van der Waals surface area contributed by atoms with Crippen LogP contribution in [0, 0.1) is 16.7 Å². The van der Waals surface area contributed by atoms with Crippen molar-refractivity contribution in [3.05, 3.63) is 30.0 Å². The lowest BCUT2D eigenvalue weighted by Gasteiger charge is -2.40. The minimum absolute atomic E-state index is 0.371. The lowest BCUT2D eigenvalue weighted by Crippen LogP contribution is -2.41. The van der Waals surface area contributed by atoms with E-state index in [2.05, 4.69) is 20.3 Å². The molecule has 7 heteroatoms. The van der Waals surface area contributed by atoms with Crippen LogP contribution in [0.3, 0.4) is 0 Å². The Bertz CT molecular complexity index is 857. The van der Waals surface area contributed by atoms with Crippen LogP contribution in [0.1, 0.15) is 24.8 Å². The number of rotatable bonds is 3. The molecule has 2 saturated heterocycles. The first-order chi connectivity index (χ1) is 12.7. The number of aromatic nitrogens is 1. The fourth-order valence-electron chi connectivity index (χ4n) is 4.30. The predicted molar refractivity (Wildman–Crippen MR) is 105 cm³/mol. The van der Waals surface area contributed by atoms with Crippen LogP contribution in [0.2, 0.25) is 0 Å². The van der Waals surface area contributed by atoms with Crippen LogP contribution < -0.4 is 14.8 Å². The van der Waals surface area contributed by atoms with Gasteiger partial charge in [0.05, 0.1) is 23.9 Å². The third-order valence-electron chi connectivity index (χ3n) is 5.86. The van der Waals surface area contributed by atoms with Gasteiger partial charge in [-0.25, -0.2) is 4.31 Å². The molecule has 2 N–H and O–H groups in total. The summed E-state index contributed by atoms with van der Waals surface area (Å²) in [5, 5.41) is 16.4. The fourth-order valence-corrected chi connectivity index (χ4v) is 4.85. The first-order valence-electron chi connectivity index (χ1n) is 8.92. The zero-order valence-corrected chi connectivity index (χ0v) is 15.8. The number of anilines is 1. The van der Waals surface area contributed by atoms with Gasteiger partial charge in [-0.15, -0.1) is 0 Å². The van der Waals surface area contributed by atoms with Crippen molar-refractivity contribution in [2.45, 2.75) is 19.3 Å². The number of piperidine rings is 1. The van der Waals surface area contributed by atoms with Crippen molar-refractivity contribution < 1.29 is 4.74 Å². The van der Waals surface area contributed by atoms with Gasteiger partial charge in [-0.05, 0) is 42.9 Å². The normalized spacial score (nSPS) is 19.8. The second-order valence-electron chi connectivity index (χ2n) is 7.22. The first kappa shape index (κ1) is 17.4. The molecule has 4 rings (SSSR count). The Labute approximate surface area is 158 Å². The van der Waals surface area contributed by atoms with E-state index in [0.717, 1.165) is 61.4 Å². The Morgan fingerprint density at radius 1 is 1.27 bits per heavy atom. The van der Waals surface area contributed by atoms with Crippen LogP contribution in [-0.4, -0.2) is 42.6 Å². The van der Waals surface area contributed by atoms with Gasteiger partial charge in [-0.3, -0.25) is 10.1 Å². The molecule has 1 aromatic heterocycles. The lowest BCUT2D eigenvalue weighted by molar-refractivity contribution is 0.237. The zero-order chi connectivity index (χ0) is 18.1. The molecular weight excluding hydrogens is 346 g/mol. The van der Waals surface area contributed by atoms with Gasteiger partial charge in [-0.1, -0.05) is 0 Å². The van der Waals surface area contributed by atoms with Crippen LogP contribution in [0.25, 0.3) is 10.9 Å². The Hall–Kier alpha value is -2.01. The minimum Gasteiger partial charge on any atom is -0.497 e. The third kappa shape index (κ3) is 2.98. The SMILES string of the molecule is COc1ccc2ncc(C#N)c(N3CCC4(CCN(SN)C4)CC3)c2c1. The molecule has 1 spiro atoms. The summed E-state index contributed by atoms with van der Waals surface area (Å²) in [6.07, 6.45) is 5.16. The maximum absolute atomic E-state index is 9.64. The number of pyridine rings is 1. The smallest absolute Gasteiger partial charge is 0.119 e. The summed E-state index contributed by atoms with van der Waals surface area (Å²) >= 11 is 1.36. The van der Waals surface area contributed by atoms with Crippen molar-refractivity contribution >= 4 is 28.7 Å². The number of ether oxygens (including phenoxy) is 1. The van der Waals surface area contributed by atoms with Gasteiger partial charge < -0.3 is 9.64 Å². The van der Waals surface area contributed by atoms with Gasteiger partial charge >= 0.3 is 0 Å². The summed E-state index contributed by atoms with van der Waals surface area (Å²) in [4.78, 5) is 6.80. The largest absolute Gasteiger partial charge is 0.497 e. The van der Waals surface area contributed by atoms with Gasteiger partial charge in [0.1, 0.15) is 11.8 Å². The van der Waals surface area contributed by atoms with Crippen LogP contribution in [-0.2, 0) is 0 Å². The molecular formula is C19H23N5OS. The summed E-state index contributed by atoms with van der Waals surface area (Å²) in [5.41, 5.74) is 2.89. The highest BCUT2D eigenvalue weighted by Crippen LogP contribution is 2.44. The maximum Gasteiger partial charge on any atom is 0.119 e. The molecule has 0 aliphatic carbocycles. The lowest BCUT2D eigenvalue weighted by atomic mass is 9.77. The predicted octanol–water partition coefficient (Wildman–Crippen LogP) is 2.93. The number of nitriles is 1. The molecule has 2 fully saturated rings. The van der Waals surface area contributed by atoms with E-state index in [1.54, 1.807) is 13.3 Å². The monoisotopic (exact) mass is 369 g/mol. The molecule has 26 heavy (non-hydrogen) atoms. The summed E-state index contributed by atoms with van der Waals surface area (Å²) in [5.74, 6) is 0.788. The van der Waals surface area contributed by atoms with Crippen molar-refractivity contribution in [3.8, 4) is 11.8 Å². The number of nitrogens with two attached hydrogens (primary N) is 1. The number of hydrogen-bond donors (Lipinski definition) is 1. The van der Waals surface area contributed by atoms with Crippen molar-refractivity contribution in [3.63, 3.8) is 0 Å². The maximum atomic E-state index is 9.64. The number of benzene rings is 1. The van der Waals surface area contributed by atoms with E-state index in [4.69, 9.17) is 9.88 Å². The summed E-state index contributed by atoms with van der Waals surface area (Å²) in [7, 11) is 1.66. The van der Waals surface area contributed by atoms with E-state index < -0.39 is 0 Å². The Kier molecular flexibility index (Phi) is 4.65. The summed E-state index contributed by atoms with van der Waals surface area (Å²) < 4.78 is 7.66. The van der Waals surface area contributed by atoms with Crippen molar-refractivity contribution in [1.82, 2.24) is 9.29 Å². The van der Waals surface area contributed by atoms with E-state index in [1.807, 2.05) is 18.2 Å². The standard InChI is InChI=1S/C19H23N5OS/c1-25-15-2-3-17-16(10-15)18(14(11-20)12-22-17)23-7-4-19(5-8-23)6-9-24(13-19)26-21/h2-3,10,12H,4-9,13,21H2,1H3. The molecule has 1 aromatic carbocycles. The quantitative estimate of drug-likeness (QED) is 0.833. The minimum atomic E-state index is 0.371. The van der Waals surface area contributed by atoms with Crippen molar-refractivity contribution in [1.29, 1.82) is 5.26 Å². The number of hydrogen-bond acceptors (Lipinski definition) is 7. The van der Waals surface area contributed by atoms with Crippen molar-refractivity contribution in [2.75, 3.05) is 38.2 Å². The molecule has 0 atom stereocenters. The average molecular weight is 369 g/mol. The second-order valence-corrected chi connectivity index (χ2v) is 7.95. The van der Waals surface area contributed by atoms with Crippen LogP contribution in [0.15, 0.2) is 24.4 Å². The molecule has 2 aliphatic heterocycles. The van der Waals surface area contributed by atoms with Gasteiger partial charge in [0.15, 0.2) is 0 Å². The molecule has 2 aliphatic rings. The highest BCUT2D eigenvalue weighted by molar-refractivity contribution is 7.94. The zero-order valence-electron chi connectivity index (χ0n) is 14.9. The molecule has 0 radical (unpaired) electrons. The second kappa shape index (κ2) is 6.95. The van der Waals surface area contributed by atoms with E-state index in [0.29, 0.717) is 11.0 Å². The molecule has 2 aromatic rings. The molecule has 0 bridgehead atoms. The van der Waals surface area contributed by atoms with Crippen LogP contribution in [0.5, 0.6) is 5.75 Å². The Balaban J connectivity index is 1.66. The highest BCUT2D eigenvalue weighted by atomic mass is 32.2. The van der Waals surface area contributed by atoms with E-state index >= 15 is 0 Å². The van der Waals surface area contributed by atoms with Gasteiger partial charge in [-0.2, -0.15) is 5.26 Å². The Morgan fingerprint density at radius 2 is 2.04 bits per heavy atom. The number of nitrogens with zero attached hydrogens (tertiary/aromatic N) is 4. The topological polar surface area (TPSA) is 78.4 Å². The molecule has 3 heterocycles. The average Bonchev–Trinajstić information content (AvgIpc) is 3.10. The number of methoxy groups -OCH3 is 1. The molecule has 6 nitrogen and oxygen atoms in total. The fraction of sp³-hybridized carbons (Fsp3) is 0.474. The first-order valence-corrected chi connectivity index (χ1v) is 9.75. The van der Waals surface area contributed by atoms with Crippen LogP contribution in [0.4, 0.5) is 5.69 Å². The van der Waals surface area contributed by atoms with Gasteiger partial charge in [0.25, 0.3) is 0 Å². The van der Waals surface area contributed by atoms with Gasteiger partial charge in [0.2, 0.25) is 0 Å². The summed E-state index contributed by atoms with van der Waals surface area (Å²) in [6, 6.07) is 8.18.